The summed E-state index contributed by atoms with van der Waals surface area (Å²) >= 11 is 0. The van der Waals surface area contributed by atoms with Crippen molar-refractivity contribution in [3.8, 4) is 0 Å². The molecule has 2 rings (SSSR count). The molecule has 0 fully saturated rings. The summed E-state index contributed by atoms with van der Waals surface area (Å²) in [5.74, 6) is 0.886. The van der Waals surface area contributed by atoms with Crippen LogP contribution < -0.4 is 10.6 Å². The molecule has 0 spiro atoms. The SMILES string of the molecule is CCNC(=NCc1cccc(C)c1)NCCC1=CCOCC1. The fourth-order valence-electron chi connectivity index (χ4n) is 2.46. The van der Waals surface area contributed by atoms with Gasteiger partial charge in [-0.25, -0.2) is 4.99 Å². The second-order valence-electron chi connectivity index (χ2n) is 5.55. The third-order valence-corrected chi connectivity index (χ3v) is 3.64. The Balaban J connectivity index is 1.83. The third kappa shape index (κ3) is 5.90. The van der Waals surface area contributed by atoms with Gasteiger partial charge in [-0.05, 0) is 32.3 Å². The van der Waals surface area contributed by atoms with Crippen LogP contribution >= 0.6 is 0 Å². The third-order valence-electron chi connectivity index (χ3n) is 3.64. The van der Waals surface area contributed by atoms with E-state index >= 15 is 0 Å². The summed E-state index contributed by atoms with van der Waals surface area (Å²) in [4.78, 5) is 4.66. The molecule has 22 heavy (non-hydrogen) atoms. The number of nitrogens with zero attached hydrogens (tertiary/aromatic N) is 1. The molecule has 120 valence electrons. The predicted molar refractivity (Wildman–Crippen MR) is 92.1 cm³/mol. The number of aliphatic imine (C=N–C) groups is 1. The number of benzene rings is 1. The van der Waals surface area contributed by atoms with Gasteiger partial charge < -0.3 is 15.4 Å². The van der Waals surface area contributed by atoms with Gasteiger partial charge in [-0.15, -0.1) is 0 Å². The van der Waals surface area contributed by atoms with Crippen molar-refractivity contribution in [2.24, 2.45) is 4.99 Å². The number of hydrogen-bond donors (Lipinski definition) is 2. The molecule has 0 atom stereocenters. The van der Waals surface area contributed by atoms with Gasteiger partial charge in [0.2, 0.25) is 0 Å². The molecule has 0 aliphatic carbocycles. The smallest absolute Gasteiger partial charge is 0.191 e. The average Bonchev–Trinajstić information content (AvgIpc) is 2.54. The Morgan fingerprint density at radius 2 is 2.23 bits per heavy atom. The van der Waals surface area contributed by atoms with E-state index in [1.165, 1.54) is 16.7 Å². The van der Waals surface area contributed by atoms with Crippen molar-refractivity contribution in [3.63, 3.8) is 0 Å². The van der Waals surface area contributed by atoms with Gasteiger partial charge in [0, 0.05) is 13.1 Å². The summed E-state index contributed by atoms with van der Waals surface area (Å²) in [5, 5.41) is 6.71. The molecule has 0 radical (unpaired) electrons. The van der Waals surface area contributed by atoms with E-state index in [-0.39, 0.29) is 0 Å². The molecule has 0 aromatic heterocycles. The maximum absolute atomic E-state index is 5.33. The minimum Gasteiger partial charge on any atom is -0.377 e. The van der Waals surface area contributed by atoms with Crippen LogP contribution in [0.2, 0.25) is 0 Å². The maximum atomic E-state index is 5.33. The Morgan fingerprint density at radius 3 is 2.95 bits per heavy atom. The lowest BCUT2D eigenvalue weighted by molar-refractivity contribution is 0.153. The average molecular weight is 301 g/mol. The molecule has 0 amide bonds. The Hall–Kier alpha value is -1.81. The minimum absolute atomic E-state index is 0.702. The van der Waals surface area contributed by atoms with Crippen molar-refractivity contribution in [1.29, 1.82) is 0 Å². The fraction of sp³-hybridized carbons (Fsp3) is 0.500. The summed E-state index contributed by atoms with van der Waals surface area (Å²) in [7, 11) is 0. The van der Waals surface area contributed by atoms with Crippen molar-refractivity contribution in [1.82, 2.24) is 10.6 Å². The molecule has 0 saturated carbocycles. The van der Waals surface area contributed by atoms with Crippen LogP contribution in [0.3, 0.4) is 0 Å². The topological polar surface area (TPSA) is 45.7 Å². The number of aryl methyl sites for hydroxylation is 1. The summed E-state index contributed by atoms with van der Waals surface area (Å²) in [6.07, 6.45) is 4.30. The van der Waals surface area contributed by atoms with Crippen molar-refractivity contribution in [3.05, 3.63) is 47.0 Å². The number of nitrogens with one attached hydrogen (secondary N) is 2. The number of rotatable bonds is 6. The van der Waals surface area contributed by atoms with Crippen LogP contribution in [0.25, 0.3) is 0 Å². The van der Waals surface area contributed by atoms with Gasteiger partial charge in [-0.3, -0.25) is 0 Å². The van der Waals surface area contributed by atoms with Gasteiger partial charge in [0.05, 0.1) is 19.8 Å². The highest BCUT2D eigenvalue weighted by molar-refractivity contribution is 5.79. The monoisotopic (exact) mass is 301 g/mol. The highest BCUT2D eigenvalue weighted by Gasteiger charge is 2.04. The number of ether oxygens (including phenoxy) is 1. The van der Waals surface area contributed by atoms with Crippen LogP contribution in [0.15, 0.2) is 40.9 Å². The standard InChI is InChI=1S/C18H27N3O/c1-3-19-18(20-10-7-16-8-11-22-12-9-16)21-14-17-6-4-5-15(2)13-17/h4-6,8,13H,3,7,9-12,14H2,1-2H3,(H2,19,20,21). The van der Waals surface area contributed by atoms with Gasteiger partial charge in [-0.1, -0.05) is 41.5 Å². The molecule has 0 saturated heterocycles. The number of guanidine groups is 1. The Labute approximate surface area is 133 Å². The zero-order valence-electron chi connectivity index (χ0n) is 13.7. The lowest BCUT2D eigenvalue weighted by Crippen LogP contribution is -2.38. The first-order chi connectivity index (χ1) is 10.8. The van der Waals surface area contributed by atoms with Gasteiger partial charge in [0.1, 0.15) is 0 Å². The molecule has 0 bridgehead atoms. The van der Waals surface area contributed by atoms with Crippen molar-refractivity contribution >= 4 is 5.96 Å². The van der Waals surface area contributed by atoms with Gasteiger partial charge in [0.25, 0.3) is 0 Å². The van der Waals surface area contributed by atoms with E-state index in [2.05, 4.69) is 59.8 Å². The van der Waals surface area contributed by atoms with Crippen LogP contribution in [0.4, 0.5) is 0 Å². The van der Waals surface area contributed by atoms with Crippen LogP contribution in [0.1, 0.15) is 30.9 Å². The Bertz CT molecular complexity index is 523. The molecule has 1 aromatic rings. The van der Waals surface area contributed by atoms with E-state index < -0.39 is 0 Å². The molecule has 1 aliphatic rings. The van der Waals surface area contributed by atoms with E-state index in [9.17, 15) is 0 Å². The molecular formula is C18H27N3O. The van der Waals surface area contributed by atoms with E-state index in [0.29, 0.717) is 6.54 Å². The summed E-state index contributed by atoms with van der Waals surface area (Å²) in [5.41, 5.74) is 4.00. The number of hydrogen-bond acceptors (Lipinski definition) is 2. The first-order valence-electron chi connectivity index (χ1n) is 8.11. The highest BCUT2D eigenvalue weighted by Crippen LogP contribution is 2.10. The van der Waals surface area contributed by atoms with Gasteiger partial charge in [-0.2, -0.15) is 0 Å². The first kappa shape index (κ1) is 16.6. The normalized spacial score (nSPS) is 15.4. The van der Waals surface area contributed by atoms with E-state index in [0.717, 1.165) is 45.1 Å². The quantitative estimate of drug-likeness (QED) is 0.482. The van der Waals surface area contributed by atoms with Crippen LogP contribution in [0.5, 0.6) is 0 Å². The predicted octanol–water partition coefficient (Wildman–Crippen LogP) is 2.79. The lowest BCUT2D eigenvalue weighted by atomic mass is 10.1. The van der Waals surface area contributed by atoms with Crippen LogP contribution in [0, 0.1) is 6.92 Å². The summed E-state index contributed by atoms with van der Waals surface area (Å²) in [6, 6.07) is 8.49. The lowest BCUT2D eigenvalue weighted by Gasteiger charge is -2.15. The zero-order chi connectivity index (χ0) is 15.6. The van der Waals surface area contributed by atoms with E-state index in [1.54, 1.807) is 0 Å². The summed E-state index contributed by atoms with van der Waals surface area (Å²) < 4.78 is 5.33. The van der Waals surface area contributed by atoms with Gasteiger partial charge >= 0.3 is 0 Å². The maximum Gasteiger partial charge on any atom is 0.191 e. The second-order valence-corrected chi connectivity index (χ2v) is 5.55. The summed E-state index contributed by atoms with van der Waals surface area (Å²) in [6.45, 7) is 8.29. The molecule has 4 nitrogen and oxygen atoms in total. The first-order valence-corrected chi connectivity index (χ1v) is 8.11. The second kappa shape index (κ2) is 9.26. The highest BCUT2D eigenvalue weighted by atomic mass is 16.5. The van der Waals surface area contributed by atoms with Crippen LogP contribution in [-0.2, 0) is 11.3 Å². The largest absolute Gasteiger partial charge is 0.377 e. The Morgan fingerprint density at radius 1 is 1.32 bits per heavy atom. The van der Waals surface area contributed by atoms with Crippen LogP contribution in [-0.4, -0.2) is 32.3 Å². The van der Waals surface area contributed by atoms with Crippen molar-refractivity contribution in [2.75, 3.05) is 26.3 Å². The fourth-order valence-corrected chi connectivity index (χ4v) is 2.46. The molecule has 0 unspecified atom stereocenters. The van der Waals surface area contributed by atoms with Crippen molar-refractivity contribution in [2.45, 2.75) is 33.2 Å². The molecule has 1 aliphatic heterocycles. The van der Waals surface area contributed by atoms with Gasteiger partial charge in [0.15, 0.2) is 5.96 Å². The molecule has 1 heterocycles. The molecule has 2 N–H and O–H groups in total. The molecule has 1 aromatic carbocycles. The minimum atomic E-state index is 0.702. The Kier molecular flexibility index (Phi) is 6.97. The van der Waals surface area contributed by atoms with E-state index in [1.807, 2.05) is 0 Å². The zero-order valence-corrected chi connectivity index (χ0v) is 13.7. The molecule has 4 heteroatoms. The van der Waals surface area contributed by atoms with Crippen molar-refractivity contribution < 1.29 is 4.74 Å². The molecular weight excluding hydrogens is 274 g/mol. The van der Waals surface area contributed by atoms with E-state index in [4.69, 9.17) is 4.74 Å².